The van der Waals surface area contributed by atoms with Crippen LogP contribution in [0.5, 0.6) is 0 Å². The lowest BCUT2D eigenvalue weighted by Gasteiger charge is -2.07. The molecule has 4 rings (SSSR count). The van der Waals surface area contributed by atoms with Crippen LogP contribution >= 0.6 is 11.6 Å². The van der Waals surface area contributed by atoms with Gasteiger partial charge in [0, 0.05) is 28.4 Å². The standard InChI is InChI=1S/C21H15ClN4O4/c22-15-5-1-13(2-6-15)11-20(27)23-16-7-3-14(4-8-16)21-24-18-10-9-17(26(29)30)12-19(18)25(21)28/h1-10,12,28H,11H2,(H,23,27). The molecule has 1 amide bonds. The van der Waals surface area contributed by atoms with Gasteiger partial charge in [0.25, 0.3) is 5.69 Å². The Balaban J connectivity index is 1.52. The van der Waals surface area contributed by atoms with E-state index in [4.69, 9.17) is 11.6 Å². The van der Waals surface area contributed by atoms with Crippen LogP contribution in [-0.2, 0) is 11.2 Å². The van der Waals surface area contributed by atoms with Crippen LogP contribution in [0.25, 0.3) is 22.4 Å². The van der Waals surface area contributed by atoms with Crippen LogP contribution in [0, 0.1) is 10.1 Å². The zero-order valence-electron chi connectivity index (χ0n) is 15.4. The van der Waals surface area contributed by atoms with Crippen molar-refractivity contribution in [3.63, 3.8) is 0 Å². The summed E-state index contributed by atoms with van der Waals surface area (Å²) in [4.78, 5) is 27.0. The number of halogens is 1. The number of carbonyl (C=O) groups is 1. The van der Waals surface area contributed by atoms with Crippen molar-refractivity contribution in [3.8, 4) is 11.4 Å². The summed E-state index contributed by atoms with van der Waals surface area (Å²) >= 11 is 5.85. The number of nitro benzene ring substituents is 1. The summed E-state index contributed by atoms with van der Waals surface area (Å²) in [6.45, 7) is 0. The molecule has 0 bridgehead atoms. The molecule has 0 aliphatic carbocycles. The van der Waals surface area contributed by atoms with E-state index in [2.05, 4.69) is 10.3 Å². The Labute approximate surface area is 175 Å². The lowest BCUT2D eigenvalue weighted by atomic mass is 10.1. The number of hydrogen-bond donors (Lipinski definition) is 2. The Morgan fingerprint density at radius 3 is 2.47 bits per heavy atom. The monoisotopic (exact) mass is 422 g/mol. The van der Waals surface area contributed by atoms with E-state index in [0.29, 0.717) is 21.8 Å². The smallest absolute Gasteiger partial charge is 0.271 e. The predicted molar refractivity (Wildman–Crippen MR) is 113 cm³/mol. The van der Waals surface area contributed by atoms with Crippen molar-refractivity contribution in [2.75, 3.05) is 5.32 Å². The number of carbonyl (C=O) groups excluding carboxylic acids is 1. The van der Waals surface area contributed by atoms with E-state index in [0.717, 1.165) is 10.3 Å². The van der Waals surface area contributed by atoms with Gasteiger partial charge < -0.3 is 10.5 Å². The van der Waals surface area contributed by atoms with Crippen LogP contribution in [0.3, 0.4) is 0 Å². The number of hydrogen-bond acceptors (Lipinski definition) is 5. The van der Waals surface area contributed by atoms with E-state index in [1.165, 1.54) is 18.2 Å². The molecule has 0 atom stereocenters. The second kappa shape index (κ2) is 7.84. The summed E-state index contributed by atoms with van der Waals surface area (Å²) in [5.41, 5.74) is 2.55. The third kappa shape index (κ3) is 3.94. The average Bonchev–Trinajstić information content (AvgIpc) is 3.06. The van der Waals surface area contributed by atoms with Gasteiger partial charge in [-0.2, -0.15) is 4.73 Å². The minimum Gasteiger partial charge on any atom is -0.426 e. The maximum atomic E-state index is 12.2. The Morgan fingerprint density at radius 2 is 1.80 bits per heavy atom. The van der Waals surface area contributed by atoms with Crippen molar-refractivity contribution in [1.29, 1.82) is 0 Å². The number of nitrogens with one attached hydrogen (secondary N) is 1. The molecule has 0 radical (unpaired) electrons. The van der Waals surface area contributed by atoms with Crippen molar-refractivity contribution < 1.29 is 14.9 Å². The Bertz CT molecular complexity index is 1250. The molecule has 0 saturated heterocycles. The Morgan fingerprint density at radius 1 is 1.10 bits per heavy atom. The highest BCUT2D eigenvalue weighted by Gasteiger charge is 2.16. The van der Waals surface area contributed by atoms with Gasteiger partial charge >= 0.3 is 0 Å². The van der Waals surface area contributed by atoms with E-state index in [1.54, 1.807) is 48.5 Å². The Kier molecular flexibility index (Phi) is 5.07. The summed E-state index contributed by atoms with van der Waals surface area (Å²) in [6, 6.07) is 17.9. The number of rotatable bonds is 5. The zero-order valence-corrected chi connectivity index (χ0v) is 16.2. The van der Waals surface area contributed by atoms with E-state index in [-0.39, 0.29) is 29.4 Å². The van der Waals surface area contributed by atoms with Gasteiger partial charge in [-0.1, -0.05) is 23.7 Å². The first kappa shape index (κ1) is 19.4. The quantitative estimate of drug-likeness (QED) is 0.275. The second-order valence-corrected chi connectivity index (χ2v) is 7.04. The molecule has 4 aromatic rings. The fourth-order valence-electron chi connectivity index (χ4n) is 3.05. The summed E-state index contributed by atoms with van der Waals surface area (Å²) in [6.07, 6.45) is 0.212. The van der Waals surface area contributed by atoms with Gasteiger partial charge in [0.2, 0.25) is 5.91 Å². The number of aromatic nitrogens is 2. The molecule has 0 unspecified atom stereocenters. The second-order valence-electron chi connectivity index (χ2n) is 6.61. The van der Waals surface area contributed by atoms with Crippen LogP contribution in [-0.4, -0.2) is 25.8 Å². The maximum Gasteiger partial charge on any atom is 0.271 e. The average molecular weight is 423 g/mol. The highest BCUT2D eigenvalue weighted by molar-refractivity contribution is 6.30. The van der Waals surface area contributed by atoms with Crippen LogP contribution in [0.2, 0.25) is 5.02 Å². The molecule has 0 saturated carbocycles. The molecule has 150 valence electrons. The van der Waals surface area contributed by atoms with E-state index in [1.807, 2.05) is 0 Å². The van der Waals surface area contributed by atoms with Gasteiger partial charge in [-0.25, -0.2) is 4.98 Å². The van der Waals surface area contributed by atoms with Crippen LogP contribution in [0.15, 0.2) is 66.7 Å². The molecule has 0 fully saturated rings. The van der Waals surface area contributed by atoms with E-state index in [9.17, 15) is 20.1 Å². The fraction of sp³-hybridized carbons (Fsp3) is 0.0476. The molecule has 1 heterocycles. The number of nitro groups is 1. The molecular formula is C21H15ClN4O4. The van der Waals surface area contributed by atoms with Crippen LogP contribution in [0.4, 0.5) is 11.4 Å². The van der Waals surface area contributed by atoms with Gasteiger partial charge in [-0.3, -0.25) is 14.9 Å². The number of amides is 1. The van der Waals surface area contributed by atoms with Crippen molar-refractivity contribution in [2.45, 2.75) is 6.42 Å². The van der Waals surface area contributed by atoms with Gasteiger partial charge in [-0.05, 0) is 48.0 Å². The summed E-state index contributed by atoms with van der Waals surface area (Å²) < 4.78 is 0.816. The Hall–Kier alpha value is -3.91. The molecule has 1 aromatic heterocycles. The molecule has 2 N–H and O–H groups in total. The van der Waals surface area contributed by atoms with Crippen molar-refractivity contribution in [2.24, 2.45) is 0 Å². The van der Waals surface area contributed by atoms with E-state index >= 15 is 0 Å². The largest absolute Gasteiger partial charge is 0.426 e. The normalized spacial score (nSPS) is 10.8. The third-order valence-electron chi connectivity index (χ3n) is 4.53. The first-order chi connectivity index (χ1) is 14.4. The van der Waals surface area contributed by atoms with Crippen molar-refractivity contribution >= 4 is 39.9 Å². The first-order valence-corrected chi connectivity index (χ1v) is 9.29. The number of nitrogens with zero attached hydrogens (tertiary/aromatic N) is 3. The van der Waals surface area contributed by atoms with Gasteiger partial charge in [-0.15, -0.1) is 0 Å². The lowest BCUT2D eigenvalue weighted by molar-refractivity contribution is -0.384. The molecule has 0 aliphatic heterocycles. The SMILES string of the molecule is O=C(Cc1ccc(Cl)cc1)Nc1ccc(-c2nc3ccc([N+](=O)[O-])cc3n2O)cc1. The number of benzene rings is 3. The summed E-state index contributed by atoms with van der Waals surface area (Å²) in [5, 5.41) is 24.8. The highest BCUT2D eigenvalue weighted by Crippen LogP contribution is 2.27. The zero-order chi connectivity index (χ0) is 21.3. The summed E-state index contributed by atoms with van der Waals surface area (Å²) in [5.74, 6) is 0.0660. The van der Waals surface area contributed by atoms with Crippen molar-refractivity contribution in [3.05, 3.63) is 87.4 Å². The maximum absolute atomic E-state index is 12.2. The number of anilines is 1. The third-order valence-corrected chi connectivity index (χ3v) is 4.78. The van der Waals surface area contributed by atoms with Gasteiger partial charge in [0.1, 0.15) is 5.52 Å². The van der Waals surface area contributed by atoms with Crippen LogP contribution in [0.1, 0.15) is 5.56 Å². The van der Waals surface area contributed by atoms with Gasteiger partial charge in [0.05, 0.1) is 16.9 Å². The molecule has 0 aliphatic rings. The minimum absolute atomic E-state index is 0.136. The summed E-state index contributed by atoms with van der Waals surface area (Å²) in [7, 11) is 0. The van der Waals surface area contributed by atoms with Crippen LogP contribution < -0.4 is 5.32 Å². The minimum atomic E-state index is -0.534. The molecular weight excluding hydrogens is 408 g/mol. The highest BCUT2D eigenvalue weighted by atomic mass is 35.5. The van der Waals surface area contributed by atoms with E-state index < -0.39 is 4.92 Å². The fourth-order valence-corrected chi connectivity index (χ4v) is 3.17. The first-order valence-electron chi connectivity index (χ1n) is 8.91. The number of imidazole rings is 1. The molecule has 0 spiro atoms. The van der Waals surface area contributed by atoms with Gasteiger partial charge in [0.15, 0.2) is 5.82 Å². The van der Waals surface area contributed by atoms with Crippen molar-refractivity contribution in [1.82, 2.24) is 9.71 Å². The number of non-ortho nitro benzene ring substituents is 1. The molecule has 30 heavy (non-hydrogen) atoms. The predicted octanol–water partition coefficient (Wildman–Crippen LogP) is 4.68. The molecule has 8 nitrogen and oxygen atoms in total. The number of fused-ring (bicyclic) bond motifs is 1. The molecule has 3 aromatic carbocycles. The lowest BCUT2D eigenvalue weighted by Crippen LogP contribution is -2.14. The molecule has 9 heteroatoms. The topological polar surface area (TPSA) is 110 Å².